The van der Waals surface area contributed by atoms with Gasteiger partial charge in [0.25, 0.3) is 15.8 Å². The standard InChI is InChI=1S/C19H24N4O8S2/c1-13(18(24)21-8-7-20)32-12-16-9-17(31-33(2,28)29)10-22(16)19(25)30-11-14-3-5-15(6-4-14)23(26)27/h3-6,13,16-17H,8-12H2,1-2H3,(H,21,24). The first-order valence-electron chi connectivity index (χ1n) is 9.81. The van der Waals surface area contributed by atoms with Crippen LogP contribution in [0, 0.1) is 21.4 Å². The second kappa shape index (κ2) is 11.8. The first-order chi connectivity index (χ1) is 15.5. The second-order valence-electron chi connectivity index (χ2n) is 7.29. The lowest BCUT2D eigenvalue weighted by Gasteiger charge is -2.24. The first-order valence-corrected chi connectivity index (χ1v) is 12.7. The number of amides is 2. The van der Waals surface area contributed by atoms with Gasteiger partial charge in [-0.15, -0.1) is 11.8 Å². The van der Waals surface area contributed by atoms with Crippen molar-refractivity contribution in [2.75, 3.05) is 25.1 Å². The zero-order chi connectivity index (χ0) is 24.6. The van der Waals surface area contributed by atoms with Gasteiger partial charge in [0.2, 0.25) is 5.91 Å². The van der Waals surface area contributed by atoms with E-state index >= 15 is 0 Å². The summed E-state index contributed by atoms with van der Waals surface area (Å²) < 4.78 is 33.4. The van der Waals surface area contributed by atoms with Crippen molar-refractivity contribution in [2.24, 2.45) is 0 Å². The molecule has 1 fully saturated rings. The highest BCUT2D eigenvalue weighted by Crippen LogP contribution is 2.27. The van der Waals surface area contributed by atoms with Crippen LogP contribution in [0.3, 0.4) is 0 Å². The fourth-order valence-corrected chi connectivity index (χ4v) is 4.81. The molecular formula is C19H24N4O8S2. The SMILES string of the molecule is CC(SCC1CC(OS(C)(=O)=O)CN1C(=O)OCc1ccc([N+](=O)[O-])cc1)C(=O)NCC#N. The van der Waals surface area contributed by atoms with Gasteiger partial charge >= 0.3 is 6.09 Å². The number of hydrogen-bond acceptors (Lipinski definition) is 10. The van der Waals surface area contributed by atoms with Crippen LogP contribution in [0.25, 0.3) is 0 Å². The summed E-state index contributed by atoms with van der Waals surface area (Å²) in [5.41, 5.74) is 0.459. The molecule has 0 spiro atoms. The predicted molar refractivity (Wildman–Crippen MR) is 119 cm³/mol. The first kappa shape index (κ1) is 26.4. The Morgan fingerprint density at radius 3 is 2.64 bits per heavy atom. The van der Waals surface area contributed by atoms with Gasteiger partial charge < -0.3 is 15.0 Å². The molecule has 0 bridgehead atoms. The van der Waals surface area contributed by atoms with E-state index in [4.69, 9.17) is 14.2 Å². The Bertz CT molecular complexity index is 1010. The van der Waals surface area contributed by atoms with E-state index in [0.717, 1.165) is 6.26 Å². The third-order valence-electron chi connectivity index (χ3n) is 4.68. The van der Waals surface area contributed by atoms with E-state index in [9.17, 15) is 28.1 Å². The van der Waals surface area contributed by atoms with Crippen LogP contribution in [0.4, 0.5) is 10.5 Å². The number of nitro groups is 1. The number of benzene rings is 1. The molecule has 1 aliphatic heterocycles. The van der Waals surface area contributed by atoms with Gasteiger partial charge in [0, 0.05) is 23.9 Å². The molecule has 1 heterocycles. The van der Waals surface area contributed by atoms with E-state index in [1.54, 1.807) is 6.92 Å². The van der Waals surface area contributed by atoms with Gasteiger partial charge in [-0.05, 0) is 31.0 Å². The molecule has 1 N–H and O–H groups in total. The Hall–Kier alpha value is -2.89. The van der Waals surface area contributed by atoms with E-state index in [0.29, 0.717) is 11.3 Å². The van der Waals surface area contributed by atoms with Gasteiger partial charge in [-0.3, -0.25) is 19.1 Å². The lowest BCUT2D eigenvalue weighted by molar-refractivity contribution is -0.384. The Morgan fingerprint density at radius 2 is 2.06 bits per heavy atom. The fourth-order valence-electron chi connectivity index (χ4n) is 3.12. The number of likely N-dealkylation sites (tertiary alicyclic amines) is 1. The molecule has 1 aliphatic rings. The largest absolute Gasteiger partial charge is 0.445 e. The van der Waals surface area contributed by atoms with E-state index in [1.165, 1.54) is 40.9 Å². The number of non-ortho nitro benzene ring substituents is 1. The van der Waals surface area contributed by atoms with Crippen LogP contribution in [-0.4, -0.2) is 72.7 Å². The summed E-state index contributed by atoms with van der Waals surface area (Å²) in [7, 11) is -3.74. The molecule has 12 nitrogen and oxygen atoms in total. The number of nitrogens with zero attached hydrogens (tertiary/aromatic N) is 3. The van der Waals surface area contributed by atoms with Crippen molar-refractivity contribution in [1.82, 2.24) is 10.2 Å². The average Bonchev–Trinajstić information content (AvgIpc) is 3.15. The van der Waals surface area contributed by atoms with Crippen molar-refractivity contribution in [1.29, 1.82) is 5.26 Å². The quantitative estimate of drug-likeness (QED) is 0.214. The number of nitriles is 1. The number of ether oxygens (including phenoxy) is 1. The van der Waals surface area contributed by atoms with Crippen molar-refractivity contribution in [3.05, 3.63) is 39.9 Å². The molecule has 0 aromatic heterocycles. The van der Waals surface area contributed by atoms with Crippen molar-refractivity contribution in [3.8, 4) is 6.07 Å². The van der Waals surface area contributed by atoms with Gasteiger partial charge in [0.15, 0.2) is 0 Å². The smallest absolute Gasteiger partial charge is 0.410 e. The summed E-state index contributed by atoms with van der Waals surface area (Å²) in [6, 6.07) is 6.91. The van der Waals surface area contributed by atoms with Crippen molar-refractivity contribution in [2.45, 2.75) is 37.3 Å². The summed E-state index contributed by atoms with van der Waals surface area (Å²) in [4.78, 5) is 36.2. The molecular weight excluding hydrogens is 476 g/mol. The van der Waals surface area contributed by atoms with Gasteiger partial charge in [-0.2, -0.15) is 13.7 Å². The summed E-state index contributed by atoms with van der Waals surface area (Å²) in [6.45, 7) is 1.41. The minimum atomic E-state index is -3.74. The minimum absolute atomic E-state index is 0.00754. The average molecular weight is 501 g/mol. The molecule has 3 atom stereocenters. The number of carbonyl (C=O) groups is 2. The van der Waals surface area contributed by atoms with Gasteiger partial charge in [0.1, 0.15) is 13.2 Å². The highest BCUT2D eigenvalue weighted by Gasteiger charge is 2.38. The minimum Gasteiger partial charge on any atom is -0.445 e. The molecule has 33 heavy (non-hydrogen) atoms. The zero-order valence-corrected chi connectivity index (χ0v) is 19.6. The second-order valence-corrected chi connectivity index (χ2v) is 10.3. The summed E-state index contributed by atoms with van der Waals surface area (Å²) in [5.74, 6) is -0.00649. The summed E-state index contributed by atoms with van der Waals surface area (Å²) >= 11 is 1.25. The highest BCUT2D eigenvalue weighted by molar-refractivity contribution is 8.00. The summed E-state index contributed by atoms with van der Waals surface area (Å²) in [6.07, 6.45) is -0.284. The molecule has 3 unspecified atom stereocenters. The van der Waals surface area contributed by atoms with E-state index in [1.807, 2.05) is 6.07 Å². The summed E-state index contributed by atoms with van der Waals surface area (Å²) in [5, 5.41) is 21.3. The molecule has 0 saturated carbocycles. The van der Waals surface area contributed by atoms with E-state index in [-0.39, 0.29) is 37.7 Å². The number of nitrogens with one attached hydrogen (secondary N) is 1. The molecule has 2 amide bonds. The van der Waals surface area contributed by atoms with Crippen LogP contribution < -0.4 is 5.32 Å². The normalized spacial score (nSPS) is 18.9. The van der Waals surface area contributed by atoms with Crippen LogP contribution in [0.5, 0.6) is 0 Å². The molecule has 14 heteroatoms. The van der Waals surface area contributed by atoms with Crippen molar-refractivity contribution in [3.63, 3.8) is 0 Å². The van der Waals surface area contributed by atoms with E-state index in [2.05, 4.69) is 5.32 Å². The number of rotatable bonds is 10. The third-order valence-corrected chi connectivity index (χ3v) is 6.59. The van der Waals surface area contributed by atoms with Crippen LogP contribution in [-0.2, 0) is 30.4 Å². The maximum atomic E-state index is 12.7. The third kappa shape index (κ3) is 8.52. The number of carbonyl (C=O) groups excluding carboxylic acids is 2. The van der Waals surface area contributed by atoms with Crippen LogP contribution in [0.1, 0.15) is 18.9 Å². The predicted octanol–water partition coefficient (Wildman–Crippen LogP) is 1.41. The fraction of sp³-hybridized carbons (Fsp3) is 0.526. The van der Waals surface area contributed by atoms with Gasteiger partial charge in [-0.25, -0.2) is 4.79 Å². The molecule has 1 saturated heterocycles. The van der Waals surface area contributed by atoms with Gasteiger partial charge in [-0.1, -0.05) is 0 Å². The van der Waals surface area contributed by atoms with E-state index < -0.39 is 38.5 Å². The monoisotopic (exact) mass is 500 g/mol. The Labute approximate surface area is 195 Å². The lowest BCUT2D eigenvalue weighted by atomic mass is 10.2. The number of hydrogen-bond donors (Lipinski definition) is 1. The van der Waals surface area contributed by atoms with Crippen molar-refractivity contribution >= 4 is 39.6 Å². The Kier molecular flexibility index (Phi) is 9.44. The zero-order valence-electron chi connectivity index (χ0n) is 18.0. The molecule has 2 rings (SSSR count). The van der Waals surface area contributed by atoms with Crippen LogP contribution >= 0.6 is 11.8 Å². The molecule has 180 valence electrons. The molecule has 1 aromatic carbocycles. The molecule has 1 aromatic rings. The number of nitro benzene ring substituents is 1. The van der Waals surface area contributed by atoms with Crippen LogP contribution in [0.15, 0.2) is 24.3 Å². The maximum Gasteiger partial charge on any atom is 0.410 e. The Morgan fingerprint density at radius 1 is 1.39 bits per heavy atom. The topological polar surface area (TPSA) is 169 Å². The Balaban J connectivity index is 2.00. The van der Waals surface area contributed by atoms with Crippen LogP contribution in [0.2, 0.25) is 0 Å². The lowest BCUT2D eigenvalue weighted by Crippen LogP contribution is -2.39. The molecule has 0 aliphatic carbocycles. The van der Waals surface area contributed by atoms with Crippen molar-refractivity contribution < 1.29 is 31.9 Å². The highest BCUT2D eigenvalue weighted by atomic mass is 32.2. The van der Waals surface area contributed by atoms with Gasteiger partial charge in [0.05, 0.1) is 35.1 Å². The maximum absolute atomic E-state index is 12.7. The number of thioether (sulfide) groups is 1. The molecule has 0 radical (unpaired) electrons.